The molecule has 0 unspecified atom stereocenters. The fraction of sp³-hybridized carbons (Fsp3) is 0.281. The molecule has 1 N–H and O–H groups in total. The lowest BCUT2D eigenvalue weighted by Crippen LogP contribution is -2.25. The van der Waals surface area contributed by atoms with Crippen LogP contribution in [0.4, 0.5) is 0 Å². The van der Waals surface area contributed by atoms with Crippen LogP contribution in [0.5, 0.6) is 11.5 Å². The maximum absolute atomic E-state index is 11.8. The zero-order valence-corrected chi connectivity index (χ0v) is 24.9. The molecule has 1 amide bonds. The molecule has 1 saturated heterocycles. The van der Waals surface area contributed by atoms with Crippen molar-refractivity contribution in [2.24, 2.45) is 0 Å². The molecule has 208 valence electrons. The van der Waals surface area contributed by atoms with Crippen molar-refractivity contribution in [1.29, 1.82) is 0 Å². The summed E-state index contributed by atoms with van der Waals surface area (Å²) < 4.78 is 6.34. The number of hydrogen-bond acceptors (Lipinski definition) is 5. The molecule has 5 nitrogen and oxygen atoms in total. The Kier molecular flexibility index (Phi) is 9.11. The number of rotatable bonds is 7. The molecule has 1 atom stereocenters. The highest BCUT2D eigenvalue weighted by Crippen LogP contribution is 2.45. The van der Waals surface area contributed by atoms with E-state index < -0.39 is 0 Å². The van der Waals surface area contributed by atoms with Crippen molar-refractivity contribution in [2.45, 2.75) is 23.8 Å². The molecule has 5 rings (SSSR count). The van der Waals surface area contributed by atoms with E-state index in [4.69, 9.17) is 27.9 Å². The Bertz CT molecular complexity index is 1450. The van der Waals surface area contributed by atoms with Crippen LogP contribution in [-0.4, -0.2) is 66.4 Å². The minimum atomic E-state index is -0.00428. The maximum atomic E-state index is 11.8. The Labute approximate surface area is 250 Å². The molecule has 40 heavy (non-hydrogen) atoms. The number of benzene rings is 3. The third kappa shape index (κ3) is 6.69. The lowest BCUT2D eigenvalue weighted by molar-refractivity contribution is -0.123. The smallest absolute Gasteiger partial charge is 0.245 e. The molecule has 0 radical (unpaired) electrons. The van der Waals surface area contributed by atoms with Gasteiger partial charge in [0.15, 0.2) is 0 Å². The van der Waals surface area contributed by atoms with Gasteiger partial charge in [-0.15, -0.1) is 11.8 Å². The van der Waals surface area contributed by atoms with Crippen LogP contribution in [-0.2, 0) is 4.79 Å². The molecule has 8 heteroatoms. The number of likely N-dealkylation sites (tertiary alicyclic amines) is 1. The first kappa shape index (κ1) is 28.6. The first-order valence-electron chi connectivity index (χ1n) is 13.3. The number of thioether (sulfide) groups is 1. The van der Waals surface area contributed by atoms with Crippen molar-refractivity contribution < 1.29 is 14.6 Å². The van der Waals surface area contributed by atoms with Gasteiger partial charge in [-0.3, -0.25) is 9.69 Å². The molecule has 2 aliphatic rings. The largest absolute Gasteiger partial charge is 0.508 e. The zero-order chi connectivity index (χ0) is 28.2. The van der Waals surface area contributed by atoms with Crippen LogP contribution in [0.2, 0.25) is 10.0 Å². The van der Waals surface area contributed by atoms with Crippen LogP contribution in [0, 0.1) is 0 Å². The number of allylic oxidation sites excluding steroid dienone is 1. The van der Waals surface area contributed by atoms with Gasteiger partial charge in [-0.2, -0.15) is 0 Å². The van der Waals surface area contributed by atoms with Crippen LogP contribution in [0.3, 0.4) is 0 Å². The predicted molar refractivity (Wildman–Crippen MR) is 166 cm³/mol. The highest BCUT2D eigenvalue weighted by molar-refractivity contribution is 7.99. The van der Waals surface area contributed by atoms with Crippen molar-refractivity contribution in [3.8, 4) is 11.5 Å². The molecule has 1 fully saturated rings. The predicted octanol–water partition coefficient (Wildman–Crippen LogP) is 7.25. The molecule has 0 spiro atoms. The Balaban J connectivity index is 1.38. The van der Waals surface area contributed by atoms with Crippen LogP contribution in [0.25, 0.3) is 11.1 Å². The van der Waals surface area contributed by atoms with Crippen molar-refractivity contribution in [3.05, 3.63) is 99.6 Å². The van der Waals surface area contributed by atoms with Gasteiger partial charge in [0.1, 0.15) is 17.6 Å². The van der Waals surface area contributed by atoms with Gasteiger partial charge in [-0.05, 0) is 83.1 Å². The fourth-order valence-corrected chi connectivity index (χ4v) is 6.70. The van der Waals surface area contributed by atoms with E-state index in [-0.39, 0.29) is 17.8 Å². The summed E-state index contributed by atoms with van der Waals surface area (Å²) in [4.78, 5) is 16.7. The summed E-state index contributed by atoms with van der Waals surface area (Å²) in [6, 6.07) is 19.5. The normalized spacial score (nSPS) is 17.6. The first-order valence-corrected chi connectivity index (χ1v) is 15.0. The second-order valence-corrected chi connectivity index (χ2v) is 12.2. The van der Waals surface area contributed by atoms with E-state index in [1.54, 1.807) is 49.0 Å². The van der Waals surface area contributed by atoms with Gasteiger partial charge in [0, 0.05) is 60.5 Å². The number of hydrogen-bond donors (Lipinski definition) is 1. The second-order valence-electron chi connectivity index (χ2n) is 10.2. The topological polar surface area (TPSA) is 53.0 Å². The van der Waals surface area contributed by atoms with Gasteiger partial charge in [0.2, 0.25) is 5.91 Å². The Morgan fingerprint density at radius 2 is 1.88 bits per heavy atom. The van der Waals surface area contributed by atoms with E-state index in [0.717, 1.165) is 76.7 Å². The van der Waals surface area contributed by atoms with Crippen LogP contribution >= 0.6 is 35.0 Å². The zero-order valence-electron chi connectivity index (χ0n) is 22.6. The standard InChI is InChI=1S/C32H32Cl2N2O3S/c1-35(2)31(38)4-3-15-36-16-13-25(20-36)39-24-9-5-21(6-10-24)32-27(26-11-7-22(33)18-29(26)34)14-17-40-30-19-23(37)8-12-28(30)32/h3-12,18-19,25,37H,13-17,20H2,1-2H3/b4-3+/t25-/m0/s1. The van der Waals surface area contributed by atoms with Crippen molar-refractivity contribution >= 4 is 52.0 Å². The van der Waals surface area contributed by atoms with Gasteiger partial charge in [-0.1, -0.05) is 47.5 Å². The summed E-state index contributed by atoms with van der Waals surface area (Å²) in [7, 11) is 3.50. The highest BCUT2D eigenvalue weighted by atomic mass is 35.5. The number of phenols is 1. The number of carbonyl (C=O) groups is 1. The molecule has 0 saturated carbocycles. The third-order valence-corrected chi connectivity index (χ3v) is 8.75. The maximum Gasteiger partial charge on any atom is 0.245 e. The Morgan fingerprint density at radius 3 is 2.62 bits per heavy atom. The lowest BCUT2D eigenvalue weighted by atomic mass is 9.88. The molecule has 2 heterocycles. The number of amides is 1. The van der Waals surface area contributed by atoms with Crippen molar-refractivity contribution in [3.63, 3.8) is 0 Å². The molecular formula is C32H32Cl2N2O3S. The van der Waals surface area contributed by atoms with E-state index in [0.29, 0.717) is 10.0 Å². The summed E-state index contributed by atoms with van der Waals surface area (Å²) in [5, 5.41) is 11.4. The quantitative estimate of drug-likeness (QED) is 0.292. The van der Waals surface area contributed by atoms with Gasteiger partial charge in [0.25, 0.3) is 0 Å². The summed E-state index contributed by atoms with van der Waals surface area (Å²) in [5.74, 6) is 1.95. The number of phenolic OH excluding ortho intramolecular Hbond substituents is 1. The van der Waals surface area contributed by atoms with Crippen molar-refractivity contribution in [1.82, 2.24) is 9.80 Å². The second kappa shape index (κ2) is 12.7. The van der Waals surface area contributed by atoms with Crippen LogP contribution in [0.15, 0.2) is 77.7 Å². The molecule has 2 aliphatic heterocycles. The molecule has 3 aromatic rings. The number of likely N-dealkylation sites (N-methyl/N-ethyl adjacent to an activating group) is 1. The van der Waals surface area contributed by atoms with Crippen molar-refractivity contribution in [2.75, 3.05) is 39.5 Å². The number of fused-ring (bicyclic) bond motifs is 1. The minimum Gasteiger partial charge on any atom is -0.508 e. The van der Waals surface area contributed by atoms with Crippen LogP contribution in [0.1, 0.15) is 29.5 Å². The van der Waals surface area contributed by atoms with E-state index in [2.05, 4.69) is 17.0 Å². The summed E-state index contributed by atoms with van der Waals surface area (Å²) >= 11 is 14.7. The third-order valence-electron chi connectivity index (χ3n) is 7.14. The highest BCUT2D eigenvalue weighted by Gasteiger charge is 2.25. The Morgan fingerprint density at radius 1 is 1.10 bits per heavy atom. The number of carbonyl (C=O) groups excluding carboxylic acids is 1. The number of nitrogens with zero attached hydrogens (tertiary/aromatic N) is 2. The Hall–Kier alpha value is -2.90. The molecule has 0 aliphatic carbocycles. The van der Waals surface area contributed by atoms with E-state index in [9.17, 15) is 9.90 Å². The monoisotopic (exact) mass is 594 g/mol. The van der Waals surface area contributed by atoms with Gasteiger partial charge >= 0.3 is 0 Å². The minimum absolute atomic E-state index is 0.00428. The van der Waals surface area contributed by atoms with E-state index >= 15 is 0 Å². The summed E-state index contributed by atoms with van der Waals surface area (Å²) in [6.07, 6.45) is 5.40. The number of halogens is 2. The first-order chi connectivity index (χ1) is 19.3. The van der Waals surface area contributed by atoms with Gasteiger partial charge < -0.3 is 14.7 Å². The summed E-state index contributed by atoms with van der Waals surface area (Å²) in [6.45, 7) is 2.49. The molecular weight excluding hydrogens is 563 g/mol. The number of ether oxygens (including phenoxy) is 1. The SMILES string of the molecule is CN(C)C(=O)/C=C/CN1CC[C@H](Oc2ccc(C3=C(c4ccc(Cl)cc4Cl)CCSc4cc(O)ccc43)cc2)C1. The van der Waals surface area contributed by atoms with E-state index in [1.807, 2.05) is 42.5 Å². The lowest BCUT2D eigenvalue weighted by Gasteiger charge is -2.19. The van der Waals surface area contributed by atoms with Gasteiger partial charge in [0.05, 0.1) is 0 Å². The number of aromatic hydroxyl groups is 1. The average molecular weight is 596 g/mol. The van der Waals surface area contributed by atoms with Gasteiger partial charge in [-0.25, -0.2) is 0 Å². The fourth-order valence-electron chi connectivity index (χ4n) is 5.12. The average Bonchev–Trinajstić information content (AvgIpc) is 3.28. The molecule has 0 bridgehead atoms. The summed E-state index contributed by atoms with van der Waals surface area (Å²) in [5.41, 5.74) is 5.35. The molecule has 0 aromatic heterocycles. The van der Waals surface area contributed by atoms with E-state index in [1.165, 1.54) is 0 Å². The molecule has 3 aromatic carbocycles. The van der Waals surface area contributed by atoms with Crippen LogP contribution < -0.4 is 4.74 Å².